The predicted octanol–water partition coefficient (Wildman–Crippen LogP) is 3.92. The molecule has 1 aliphatic heterocycles. The molecule has 2 aromatic carbocycles. The van der Waals surface area contributed by atoms with E-state index < -0.39 is 35.2 Å². The molecule has 4 rings (SSSR count). The third kappa shape index (κ3) is 4.41. The van der Waals surface area contributed by atoms with E-state index in [9.17, 15) is 32.7 Å². The number of benzene rings is 2. The fourth-order valence-electron chi connectivity index (χ4n) is 3.77. The van der Waals surface area contributed by atoms with Crippen LogP contribution in [0.1, 0.15) is 23.1 Å². The summed E-state index contributed by atoms with van der Waals surface area (Å²) in [5, 5.41) is 10.3. The number of amides is 1. The first-order valence-electron chi connectivity index (χ1n) is 9.94. The van der Waals surface area contributed by atoms with Gasteiger partial charge in [0, 0.05) is 41.2 Å². The maximum Gasteiger partial charge on any atom is 0.416 e. The summed E-state index contributed by atoms with van der Waals surface area (Å²) in [5.41, 5.74) is -0.649. The lowest BCUT2D eigenvalue weighted by Crippen LogP contribution is -2.26. The minimum absolute atomic E-state index is 0.0482. The van der Waals surface area contributed by atoms with E-state index in [4.69, 9.17) is 9.15 Å². The van der Waals surface area contributed by atoms with Gasteiger partial charge in [0.05, 0.1) is 11.5 Å². The number of phenols is 1. The van der Waals surface area contributed by atoms with Gasteiger partial charge in [-0.2, -0.15) is 13.2 Å². The molecule has 0 spiro atoms. The van der Waals surface area contributed by atoms with Crippen LogP contribution in [0.4, 0.5) is 18.9 Å². The van der Waals surface area contributed by atoms with E-state index in [0.717, 1.165) is 17.0 Å². The monoisotopic (exact) mass is 461 g/mol. The van der Waals surface area contributed by atoms with Crippen molar-refractivity contribution >= 4 is 28.5 Å². The first kappa shape index (κ1) is 22.4. The lowest BCUT2D eigenvalue weighted by Gasteiger charge is -2.18. The molecule has 0 bridgehead atoms. The van der Waals surface area contributed by atoms with Crippen molar-refractivity contribution in [3.63, 3.8) is 0 Å². The Morgan fingerprint density at radius 3 is 2.70 bits per heavy atom. The molecule has 0 radical (unpaired) electrons. The van der Waals surface area contributed by atoms with E-state index in [1.165, 1.54) is 30.3 Å². The highest BCUT2D eigenvalue weighted by atomic mass is 19.4. The van der Waals surface area contributed by atoms with E-state index in [2.05, 4.69) is 0 Å². The van der Waals surface area contributed by atoms with Crippen LogP contribution in [0.25, 0.3) is 11.0 Å². The summed E-state index contributed by atoms with van der Waals surface area (Å²) in [4.78, 5) is 38.0. The van der Waals surface area contributed by atoms with Crippen LogP contribution in [-0.4, -0.2) is 23.5 Å². The fraction of sp³-hybridized carbons (Fsp3) is 0.261. The number of hydrogen-bond acceptors (Lipinski definition) is 6. The van der Waals surface area contributed by atoms with E-state index in [1.807, 2.05) is 0 Å². The summed E-state index contributed by atoms with van der Waals surface area (Å²) in [7, 11) is 0. The average molecular weight is 461 g/mol. The van der Waals surface area contributed by atoms with Crippen molar-refractivity contribution in [2.75, 3.05) is 11.4 Å². The Morgan fingerprint density at radius 1 is 1.21 bits per heavy atom. The lowest BCUT2D eigenvalue weighted by molar-refractivity contribution is -0.149. The summed E-state index contributed by atoms with van der Waals surface area (Å²) in [5.74, 6) is -2.13. The Bertz CT molecular complexity index is 1310. The van der Waals surface area contributed by atoms with Gasteiger partial charge in [0.15, 0.2) is 0 Å². The number of aromatic hydroxyl groups is 1. The topological polar surface area (TPSA) is 97.0 Å². The highest BCUT2D eigenvalue weighted by molar-refractivity contribution is 5.99. The van der Waals surface area contributed by atoms with Crippen molar-refractivity contribution in [3.05, 3.63) is 69.6 Å². The van der Waals surface area contributed by atoms with Crippen LogP contribution in [0.2, 0.25) is 0 Å². The summed E-state index contributed by atoms with van der Waals surface area (Å²) >= 11 is 0. The van der Waals surface area contributed by atoms with E-state index >= 15 is 0 Å². The number of anilines is 1. The Balaban J connectivity index is 1.49. The Kier molecular flexibility index (Phi) is 5.61. The van der Waals surface area contributed by atoms with Gasteiger partial charge in [-0.3, -0.25) is 9.59 Å². The van der Waals surface area contributed by atoms with Crippen LogP contribution in [0.3, 0.4) is 0 Å². The number of ether oxygens (including phenoxy) is 1. The summed E-state index contributed by atoms with van der Waals surface area (Å²) < 4.78 is 49.4. The van der Waals surface area contributed by atoms with Crippen LogP contribution in [-0.2, 0) is 27.1 Å². The zero-order valence-electron chi connectivity index (χ0n) is 17.3. The maximum absolute atomic E-state index is 13.0. The van der Waals surface area contributed by atoms with Gasteiger partial charge in [0.2, 0.25) is 5.91 Å². The smallest absolute Gasteiger partial charge is 0.416 e. The van der Waals surface area contributed by atoms with Gasteiger partial charge in [-0.25, -0.2) is 4.79 Å². The van der Waals surface area contributed by atoms with Gasteiger partial charge in [-0.1, -0.05) is 6.07 Å². The number of esters is 1. The number of carbonyl (C=O) groups excluding carboxylic acids is 2. The molecule has 1 unspecified atom stereocenters. The number of phenolic OH excluding ortho intramolecular Hbond substituents is 1. The first-order chi connectivity index (χ1) is 15.5. The Morgan fingerprint density at radius 2 is 1.97 bits per heavy atom. The van der Waals surface area contributed by atoms with Crippen molar-refractivity contribution in [1.29, 1.82) is 0 Å². The van der Waals surface area contributed by atoms with Gasteiger partial charge < -0.3 is 19.2 Å². The molecule has 0 aliphatic carbocycles. The van der Waals surface area contributed by atoms with Crippen LogP contribution < -0.4 is 10.5 Å². The maximum atomic E-state index is 13.0. The first-order valence-corrected chi connectivity index (χ1v) is 9.94. The third-order valence-electron chi connectivity index (χ3n) is 5.53. The van der Waals surface area contributed by atoms with E-state index in [1.54, 1.807) is 6.92 Å². The molecule has 33 heavy (non-hydrogen) atoms. The quantitative estimate of drug-likeness (QED) is 0.467. The molecule has 1 atom stereocenters. The van der Waals surface area contributed by atoms with Crippen molar-refractivity contribution < 1.29 is 37.0 Å². The van der Waals surface area contributed by atoms with Crippen LogP contribution in [0.5, 0.6) is 5.75 Å². The second-order valence-corrected chi connectivity index (χ2v) is 7.74. The second kappa shape index (κ2) is 8.27. The number of alkyl halides is 3. The van der Waals surface area contributed by atoms with Crippen LogP contribution >= 0.6 is 0 Å². The standard InChI is InChI=1S/C23H18F3NO6/c1-12-18(28)6-5-17-14(8-20(30)33-21(12)17)11-32-22(31)13-7-19(29)27(10-13)16-4-2-3-15(9-16)23(24,25)26/h2-6,8-9,13,28H,7,10-11H2,1H3. The van der Waals surface area contributed by atoms with Gasteiger partial charge in [-0.15, -0.1) is 0 Å². The minimum Gasteiger partial charge on any atom is -0.508 e. The summed E-state index contributed by atoms with van der Waals surface area (Å²) in [6, 6.07) is 8.44. The number of nitrogens with zero attached hydrogens (tertiary/aromatic N) is 1. The zero-order chi connectivity index (χ0) is 23.9. The number of hydrogen-bond donors (Lipinski definition) is 1. The molecule has 1 aromatic heterocycles. The van der Waals surface area contributed by atoms with Crippen molar-refractivity contribution in [1.82, 2.24) is 0 Å². The second-order valence-electron chi connectivity index (χ2n) is 7.74. The molecule has 1 saturated heterocycles. The molecule has 1 fully saturated rings. The number of halogens is 3. The van der Waals surface area contributed by atoms with Crippen LogP contribution in [0.15, 0.2) is 51.7 Å². The van der Waals surface area contributed by atoms with Gasteiger partial charge in [0.25, 0.3) is 0 Å². The Labute approximate surface area is 185 Å². The Hall–Kier alpha value is -3.82. The largest absolute Gasteiger partial charge is 0.508 e. The normalized spacial score (nSPS) is 16.4. The molecule has 0 saturated carbocycles. The fourth-order valence-corrected chi connectivity index (χ4v) is 3.77. The number of fused-ring (bicyclic) bond motifs is 1. The third-order valence-corrected chi connectivity index (χ3v) is 5.53. The molecule has 172 valence electrons. The van der Waals surface area contributed by atoms with Gasteiger partial charge in [0.1, 0.15) is 17.9 Å². The molecule has 10 heteroatoms. The highest BCUT2D eigenvalue weighted by Gasteiger charge is 2.37. The molecule has 1 aliphatic rings. The molecule has 2 heterocycles. The molecule has 1 N–H and O–H groups in total. The lowest BCUT2D eigenvalue weighted by atomic mass is 10.1. The van der Waals surface area contributed by atoms with Gasteiger partial charge in [-0.05, 0) is 37.3 Å². The predicted molar refractivity (Wildman–Crippen MR) is 111 cm³/mol. The summed E-state index contributed by atoms with van der Waals surface area (Å²) in [6.45, 7) is 1.17. The highest BCUT2D eigenvalue weighted by Crippen LogP contribution is 2.34. The SMILES string of the molecule is Cc1c(O)ccc2c(COC(=O)C3CC(=O)N(c4cccc(C(F)(F)F)c4)C3)cc(=O)oc12. The molecule has 7 nitrogen and oxygen atoms in total. The molecule has 1 amide bonds. The minimum atomic E-state index is -4.56. The molecule has 3 aromatic rings. The summed E-state index contributed by atoms with van der Waals surface area (Å²) in [6.07, 6.45) is -4.77. The number of aryl methyl sites for hydroxylation is 1. The van der Waals surface area contributed by atoms with Crippen molar-refractivity contribution in [3.8, 4) is 5.75 Å². The average Bonchev–Trinajstić information content (AvgIpc) is 3.16. The van der Waals surface area contributed by atoms with Crippen molar-refractivity contribution in [2.45, 2.75) is 26.1 Å². The number of carbonyl (C=O) groups is 2. The van der Waals surface area contributed by atoms with Crippen LogP contribution in [0, 0.1) is 12.8 Å². The molecular formula is C23H18F3NO6. The number of rotatable bonds is 4. The molecular weight excluding hydrogens is 443 g/mol. The van der Waals surface area contributed by atoms with Gasteiger partial charge >= 0.3 is 17.8 Å². The van der Waals surface area contributed by atoms with Crippen molar-refractivity contribution in [2.24, 2.45) is 5.92 Å². The van der Waals surface area contributed by atoms with E-state index in [-0.39, 0.29) is 36.6 Å². The zero-order valence-corrected chi connectivity index (χ0v) is 17.3. The van der Waals surface area contributed by atoms with E-state index in [0.29, 0.717) is 16.5 Å².